The summed E-state index contributed by atoms with van der Waals surface area (Å²) in [5, 5.41) is 0. The molecule has 0 aromatic heterocycles. The number of hydrazine groups is 1. The highest BCUT2D eigenvalue weighted by Gasteiger charge is 2.21. The van der Waals surface area contributed by atoms with Gasteiger partial charge in [-0.2, -0.15) is 0 Å². The molecule has 106 valence electrons. The topological polar surface area (TPSA) is 47.3 Å². The van der Waals surface area contributed by atoms with Gasteiger partial charge in [0, 0.05) is 15.6 Å². The number of halogens is 3. The first-order chi connectivity index (χ1) is 9.56. The summed E-state index contributed by atoms with van der Waals surface area (Å²) in [7, 11) is 1.46. The monoisotopic (exact) mass is 342 g/mol. The molecule has 2 aromatic rings. The average Bonchev–Trinajstić information content (AvgIpc) is 2.42. The van der Waals surface area contributed by atoms with Gasteiger partial charge in [-0.1, -0.05) is 22.0 Å². The number of hydrogen-bond acceptors (Lipinski definition) is 3. The van der Waals surface area contributed by atoms with Crippen molar-refractivity contribution in [3.8, 4) is 5.75 Å². The molecule has 0 bridgehead atoms. The molecule has 0 aliphatic carbocycles. The van der Waals surface area contributed by atoms with Crippen LogP contribution in [0.4, 0.5) is 8.78 Å². The van der Waals surface area contributed by atoms with Crippen molar-refractivity contribution in [1.82, 2.24) is 5.43 Å². The predicted octanol–water partition coefficient (Wildman–Crippen LogP) is 3.29. The van der Waals surface area contributed by atoms with Crippen LogP contribution < -0.4 is 16.0 Å². The second kappa shape index (κ2) is 6.30. The molecule has 0 saturated carbocycles. The van der Waals surface area contributed by atoms with Crippen molar-refractivity contribution in [2.75, 3.05) is 7.11 Å². The van der Waals surface area contributed by atoms with Crippen molar-refractivity contribution in [2.24, 2.45) is 5.84 Å². The van der Waals surface area contributed by atoms with Crippen molar-refractivity contribution in [3.63, 3.8) is 0 Å². The van der Waals surface area contributed by atoms with E-state index < -0.39 is 17.7 Å². The number of hydrogen-bond donors (Lipinski definition) is 2. The molecule has 0 fully saturated rings. The van der Waals surface area contributed by atoms with Crippen LogP contribution in [0.25, 0.3) is 0 Å². The van der Waals surface area contributed by atoms with E-state index >= 15 is 0 Å². The molecule has 3 nitrogen and oxygen atoms in total. The van der Waals surface area contributed by atoms with E-state index in [-0.39, 0.29) is 0 Å². The number of rotatable bonds is 4. The molecule has 0 heterocycles. The van der Waals surface area contributed by atoms with Gasteiger partial charge in [-0.05, 0) is 30.3 Å². The first-order valence-corrected chi connectivity index (χ1v) is 6.60. The Kier molecular flexibility index (Phi) is 4.69. The molecule has 0 amide bonds. The van der Waals surface area contributed by atoms with Crippen LogP contribution in [0.2, 0.25) is 0 Å². The fourth-order valence-electron chi connectivity index (χ4n) is 2.01. The van der Waals surface area contributed by atoms with Gasteiger partial charge in [0.05, 0.1) is 13.2 Å². The third-order valence-electron chi connectivity index (χ3n) is 2.94. The van der Waals surface area contributed by atoms with Gasteiger partial charge in [-0.25, -0.2) is 14.2 Å². The largest absolute Gasteiger partial charge is 0.496 e. The van der Waals surface area contributed by atoms with Crippen LogP contribution in [0.3, 0.4) is 0 Å². The zero-order valence-electron chi connectivity index (χ0n) is 10.7. The quantitative estimate of drug-likeness (QED) is 0.662. The maximum absolute atomic E-state index is 14.0. The van der Waals surface area contributed by atoms with Crippen LogP contribution in [0.1, 0.15) is 17.2 Å². The lowest BCUT2D eigenvalue weighted by Crippen LogP contribution is -2.30. The van der Waals surface area contributed by atoms with E-state index in [2.05, 4.69) is 21.4 Å². The molecule has 1 unspecified atom stereocenters. The van der Waals surface area contributed by atoms with Crippen molar-refractivity contribution >= 4 is 15.9 Å². The molecule has 0 saturated heterocycles. The fourth-order valence-corrected chi connectivity index (χ4v) is 2.35. The summed E-state index contributed by atoms with van der Waals surface area (Å²) in [4.78, 5) is 0. The van der Waals surface area contributed by atoms with Crippen LogP contribution in [-0.2, 0) is 0 Å². The lowest BCUT2D eigenvalue weighted by molar-refractivity contribution is 0.401. The number of benzene rings is 2. The zero-order valence-corrected chi connectivity index (χ0v) is 12.2. The normalized spacial score (nSPS) is 12.2. The third-order valence-corrected chi connectivity index (χ3v) is 3.44. The zero-order chi connectivity index (χ0) is 14.7. The van der Waals surface area contributed by atoms with Crippen molar-refractivity contribution in [3.05, 3.63) is 63.6 Å². The number of methoxy groups -OCH3 is 1. The molecule has 0 aliphatic heterocycles. The smallest absolute Gasteiger partial charge is 0.129 e. The maximum Gasteiger partial charge on any atom is 0.129 e. The molecule has 3 N–H and O–H groups in total. The molecule has 2 aromatic carbocycles. The molecular formula is C14H13BrF2N2O. The van der Waals surface area contributed by atoms with Gasteiger partial charge in [-0.15, -0.1) is 0 Å². The van der Waals surface area contributed by atoms with Crippen LogP contribution in [0, 0.1) is 11.6 Å². The maximum atomic E-state index is 14.0. The number of nitrogens with two attached hydrogens (primary N) is 1. The molecule has 0 spiro atoms. The van der Waals surface area contributed by atoms with Crippen molar-refractivity contribution in [1.29, 1.82) is 0 Å². The summed E-state index contributed by atoms with van der Waals surface area (Å²) in [5.74, 6) is 5.04. The van der Waals surface area contributed by atoms with Gasteiger partial charge in [0.15, 0.2) is 0 Å². The Balaban J connectivity index is 2.54. The SMILES string of the molecule is COc1ccc(F)cc1C(NN)c1ccc(Br)cc1F. The Morgan fingerprint density at radius 1 is 1.15 bits per heavy atom. The van der Waals surface area contributed by atoms with Gasteiger partial charge >= 0.3 is 0 Å². The fraction of sp³-hybridized carbons (Fsp3) is 0.143. The first-order valence-electron chi connectivity index (χ1n) is 5.81. The molecule has 0 radical (unpaired) electrons. The average molecular weight is 343 g/mol. The summed E-state index contributed by atoms with van der Waals surface area (Å²) in [5.41, 5.74) is 3.23. The lowest BCUT2D eigenvalue weighted by Gasteiger charge is -2.20. The van der Waals surface area contributed by atoms with Gasteiger partial charge in [0.1, 0.15) is 17.4 Å². The van der Waals surface area contributed by atoms with Gasteiger partial charge in [-0.3, -0.25) is 5.84 Å². The Morgan fingerprint density at radius 3 is 2.50 bits per heavy atom. The van der Waals surface area contributed by atoms with Gasteiger partial charge in [0.25, 0.3) is 0 Å². The van der Waals surface area contributed by atoms with E-state index in [1.165, 1.54) is 31.4 Å². The standard InChI is InChI=1S/C14H13BrF2N2O/c1-20-13-5-3-9(16)7-11(13)14(19-18)10-4-2-8(15)6-12(10)17/h2-7,14,19H,18H2,1H3. The van der Waals surface area contributed by atoms with Gasteiger partial charge in [0.2, 0.25) is 0 Å². The van der Waals surface area contributed by atoms with E-state index in [1.807, 2.05) is 0 Å². The molecule has 6 heteroatoms. The van der Waals surface area contributed by atoms with Crippen LogP contribution >= 0.6 is 15.9 Å². The van der Waals surface area contributed by atoms with Gasteiger partial charge < -0.3 is 4.74 Å². The number of ether oxygens (including phenoxy) is 1. The predicted molar refractivity (Wildman–Crippen MR) is 76.2 cm³/mol. The Labute approximate surface area is 123 Å². The van der Waals surface area contributed by atoms with E-state index in [4.69, 9.17) is 10.6 Å². The minimum absolute atomic E-state index is 0.305. The second-order valence-electron chi connectivity index (χ2n) is 4.15. The van der Waals surface area contributed by atoms with Crippen LogP contribution in [-0.4, -0.2) is 7.11 Å². The summed E-state index contributed by atoms with van der Waals surface area (Å²) >= 11 is 3.19. The Hall–Kier alpha value is -1.50. The minimum Gasteiger partial charge on any atom is -0.496 e. The van der Waals surface area contributed by atoms with E-state index in [0.717, 1.165) is 0 Å². The van der Waals surface area contributed by atoms with Crippen LogP contribution in [0.5, 0.6) is 5.75 Å². The summed E-state index contributed by atoms with van der Waals surface area (Å²) in [6.45, 7) is 0. The molecule has 2 rings (SSSR count). The second-order valence-corrected chi connectivity index (χ2v) is 5.07. The van der Waals surface area contributed by atoms with Crippen LogP contribution in [0.15, 0.2) is 40.9 Å². The minimum atomic E-state index is -0.714. The van der Waals surface area contributed by atoms with E-state index in [9.17, 15) is 8.78 Å². The van der Waals surface area contributed by atoms with E-state index in [1.54, 1.807) is 12.1 Å². The Morgan fingerprint density at radius 2 is 1.90 bits per heavy atom. The summed E-state index contributed by atoms with van der Waals surface area (Å²) in [6, 6.07) is 7.90. The molecule has 20 heavy (non-hydrogen) atoms. The number of nitrogens with one attached hydrogen (secondary N) is 1. The highest BCUT2D eigenvalue weighted by molar-refractivity contribution is 9.10. The van der Waals surface area contributed by atoms with E-state index in [0.29, 0.717) is 21.3 Å². The molecule has 0 aliphatic rings. The van der Waals surface area contributed by atoms with Crippen molar-refractivity contribution < 1.29 is 13.5 Å². The third kappa shape index (κ3) is 2.98. The highest BCUT2D eigenvalue weighted by Crippen LogP contribution is 2.32. The first kappa shape index (κ1) is 14.9. The summed E-state index contributed by atoms with van der Waals surface area (Å²) < 4.78 is 33.3. The molecule has 1 atom stereocenters. The Bertz CT molecular complexity index is 622. The summed E-state index contributed by atoms with van der Waals surface area (Å²) in [6.07, 6.45) is 0. The highest BCUT2D eigenvalue weighted by atomic mass is 79.9. The lowest BCUT2D eigenvalue weighted by atomic mass is 9.98. The van der Waals surface area contributed by atoms with Crippen molar-refractivity contribution in [2.45, 2.75) is 6.04 Å². The molecular weight excluding hydrogens is 330 g/mol.